The van der Waals surface area contributed by atoms with Gasteiger partial charge in [-0.1, -0.05) is 0 Å². The molecule has 1 unspecified atom stereocenters. The molecule has 1 aliphatic heterocycles. The van der Waals surface area contributed by atoms with Crippen LogP contribution in [0.25, 0.3) is 0 Å². The fraction of sp³-hybridized carbons (Fsp3) is 0.692. The molecule has 6 heteroatoms. The Bertz CT molecular complexity index is 411. The lowest BCUT2D eigenvalue weighted by molar-refractivity contribution is 0.0206. The SMILES string of the molecule is CC(C)(C)OC(=O)N1CCCC(Nc2ccn[nH]2)C1. The van der Waals surface area contributed by atoms with E-state index in [1.165, 1.54) is 0 Å². The summed E-state index contributed by atoms with van der Waals surface area (Å²) in [6.07, 6.45) is 3.49. The molecule has 1 aliphatic rings. The highest BCUT2D eigenvalue weighted by Crippen LogP contribution is 2.17. The van der Waals surface area contributed by atoms with Gasteiger partial charge in [-0.15, -0.1) is 0 Å². The average Bonchev–Trinajstić information content (AvgIpc) is 2.80. The smallest absolute Gasteiger partial charge is 0.410 e. The van der Waals surface area contributed by atoms with E-state index in [4.69, 9.17) is 4.74 Å². The Morgan fingerprint density at radius 2 is 2.37 bits per heavy atom. The third-order valence-corrected chi connectivity index (χ3v) is 2.93. The van der Waals surface area contributed by atoms with Gasteiger partial charge in [0.25, 0.3) is 0 Å². The standard InChI is InChI=1S/C13H22N4O2/c1-13(2,3)19-12(18)17-8-4-5-10(9-17)15-11-6-7-14-16-11/h6-7,10H,4-5,8-9H2,1-3H3,(H2,14,15,16). The number of carbonyl (C=O) groups excluding carboxylic acids is 1. The number of carbonyl (C=O) groups is 1. The van der Waals surface area contributed by atoms with Crippen molar-refractivity contribution in [3.63, 3.8) is 0 Å². The largest absolute Gasteiger partial charge is 0.444 e. The molecule has 1 saturated heterocycles. The number of amides is 1. The molecule has 2 heterocycles. The highest BCUT2D eigenvalue weighted by Gasteiger charge is 2.27. The highest BCUT2D eigenvalue weighted by molar-refractivity contribution is 5.68. The lowest BCUT2D eigenvalue weighted by Gasteiger charge is -2.34. The number of H-pyrrole nitrogens is 1. The first-order valence-electron chi connectivity index (χ1n) is 6.68. The fourth-order valence-electron chi connectivity index (χ4n) is 2.14. The molecule has 1 atom stereocenters. The van der Waals surface area contributed by atoms with Crippen LogP contribution in [0.5, 0.6) is 0 Å². The molecule has 0 radical (unpaired) electrons. The number of hydrogen-bond acceptors (Lipinski definition) is 4. The van der Waals surface area contributed by atoms with Crippen LogP contribution < -0.4 is 5.32 Å². The van der Waals surface area contributed by atoms with Crippen molar-refractivity contribution in [2.24, 2.45) is 0 Å². The second-order valence-electron chi connectivity index (χ2n) is 5.88. The Labute approximate surface area is 113 Å². The lowest BCUT2D eigenvalue weighted by Crippen LogP contribution is -2.47. The lowest BCUT2D eigenvalue weighted by atomic mass is 10.1. The minimum absolute atomic E-state index is 0.233. The van der Waals surface area contributed by atoms with Crippen LogP contribution in [0, 0.1) is 0 Å². The minimum Gasteiger partial charge on any atom is -0.444 e. The van der Waals surface area contributed by atoms with Crippen LogP contribution in [-0.2, 0) is 4.74 Å². The van der Waals surface area contributed by atoms with Crippen LogP contribution in [0.3, 0.4) is 0 Å². The number of aromatic nitrogens is 2. The average molecular weight is 266 g/mol. The van der Waals surface area contributed by atoms with E-state index in [2.05, 4.69) is 15.5 Å². The summed E-state index contributed by atoms with van der Waals surface area (Å²) < 4.78 is 5.40. The number of aromatic amines is 1. The Morgan fingerprint density at radius 3 is 3.00 bits per heavy atom. The fourth-order valence-corrected chi connectivity index (χ4v) is 2.14. The summed E-state index contributed by atoms with van der Waals surface area (Å²) in [7, 11) is 0. The van der Waals surface area contributed by atoms with Crippen molar-refractivity contribution in [2.75, 3.05) is 18.4 Å². The van der Waals surface area contributed by atoms with Gasteiger partial charge in [0.2, 0.25) is 0 Å². The third kappa shape index (κ3) is 4.15. The minimum atomic E-state index is -0.444. The number of rotatable bonds is 2. The first kappa shape index (κ1) is 13.7. The normalized spacial score (nSPS) is 20.2. The number of ether oxygens (including phenoxy) is 1. The van der Waals surface area contributed by atoms with Gasteiger partial charge >= 0.3 is 6.09 Å². The second-order valence-corrected chi connectivity index (χ2v) is 5.88. The van der Waals surface area contributed by atoms with E-state index in [1.54, 1.807) is 11.1 Å². The number of likely N-dealkylation sites (tertiary alicyclic amines) is 1. The molecular weight excluding hydrogens is 244 g/mol. The molecule has 1 aromatic rings. The van der Waals surface area contributed by atoms with Crippen molar-refractivity contribution in [1.29, 1.82) is 0 Å². The maximum atomic E-state index is 12.0. The predicted octanol–water partition coefficient (Wildman–Crippen LogP) is 2.22. The summed E-state index contributed by atoms with van der Waals surface area (Å²) in [5.74, 6) is 0.885. The summed E-state index contributed by atoms with van der Waals surface area (Å²) in [5, 5.41) is 10.1. The Hall–Kier alpha value is -1.72. The van der Waals surface area contributed by atoms with Gasteiger partial charge < -0.3 is 15.0 Å². The summed E-state index contributed by atoms with van der Waals surface area (Å²) in [6.45, 7) is 7.07. The van der Waals surface area contributed by atoms with E-state index in [0.717, 1.165) is 25.2 Å². The molecule has 1 aromatic heterocycles. The number of anilines is 1. The zero-order chi connectivity index (χ0) is 13.9. The summed E-state index contributed by atoms with van der Waals surface area (Å²) in [5.41, 5.74) is -0.444. The van der Waals surface area contributed by atoms with E-state index in [1.807, 2.05) is 26.8 Å². The molecule has 6 nitrogen and oxygen atoms in total. The van der Waals surface area contributed by atoms with E-state index in [0.29, 0.717) is 6.54 Å². The van der Waals surface area contributed by atoms with Crippen molar-refractivity contribution in [2.45, 2.75) is 45.3 Å². The second kappa shape index (κ2) is 5.50. The molecule has 106 valence electrons. The maximum Gasteiger partial charge on any atom is 0.410 e. The maximum absolute atomic E-state index is 12.0. The van der Waals surface area contributed by atoms with Crippen LogP contribution >= 0.6 is 0 Å². The van der Waals surface area contributed by atoms with E-state index in [9.17, 15) is 4.79 Å². The van der Waals surface area contributed by atoms with Gasteiger partial charge in [-0.2, -0.15) is 5.10 Å². The van der Waals surface area contributed by atoms with E-state index >= 15 is 0 Å². The molecule has 0 saturated carbocycles. The third-order valence-electron chi connectivity index (χ3n) is 2.93. The number of nitrogens with zero attached hydrogens (tertiary/aromatic N) is 2. The highest BCUT2D eigenvalue weighted by atomic mass is 16.6. The van der Waals surface area contributed by atoms with Crippen LogP contribution in [0.15, 0.2) is 12.3 Å². The van der Waals surface area contributed by atoms with Crippen molar-refractivity contribution < 1.29 is 9.53 Å². The molecule has 0 bridgehead atoms. The number of piperidine rings is 1. The van der Waals surface area contributed by atoms with Gasteiger partial charge in [-0.3, -0.25) is 5.10 Å². The van der Waals surface area contributed by atoms with E-state index in [-0.39, 0.29) is 12.1 Å². The van der Waals surface area contributed by atoms with Gasteiger partial charge in [-0.05, 0) is 39.7 Å². The summed E-state index contributed by atoms with van der Waals surface area (Å²) >= 11 is 0. The Morgan fingerprint density at radius 1 is 1.58 bits per heavy atom. The molecule has 19 heavy (non-hydrogen) atoms. The van der Waals surface area contributed by atoms with E-state index < -0.39 is 5.60 Å². The zero-order valence-corrected chi connectivity index (χ0v) is 11.8. The summed E-state index contributed by atoms with van der Waals surface area (Å²) in [6, 6.07) is 2.12. The summed E-state index contributed by atoms with van der Waals surface area (Å²) in [4.78, 5) is 13.8. The molecule has 1 amide bonds. The molecule has 2 N–H and O–H groups in total. The predicted molar refractivity (Wildman–Crippen MR) is 73.0 cm³/mol. The Kier molecular flexibility index (Phi) is 3.97. The van der Waals surface area contributed by atoms with Crippen molar-refractivity contribution >= 4 is 11.9 Å². The number of nitrogens with one attached hydrogen (secondary N) is 2. The van der Waals surface area contributed by atoms with Crippen LogP contribution in [0.2, 0.25) is 0 Å². The van der Waals surface area contributed by atoms with Crippen LogP contribution in [0.1, 0.15) is 33.6 Å². The molecule has 0 aromatic carbocycles. The molecular formula is C13H22N4O2. The molecule has 2 rings (SSSR count). The van der Waals surface area contributed by atoms with Gasteiger partial charge in [0.05, 0.1) is 6.20 Å². The van der Waals surface area contributed by atoms with Gasteiger partial charge in [0.15, 0.2) is 0 Å². The molecule has 0 aliphatic carbocycles. The van der Waals surface area contributed by atoms with Gasteiger partial charge in [0.1, 0.15) is 11.4 Å². The van der Waals surface area contributed by atoms with Crippen LogP contribution in [-0.4, -0.2) is 45.9 Å². The monoisotopic (exact) mass is 266 g/mol. The first-order valence-corrected chi connectivity index (χ1v) is 6.68. The van der Waals surface area contributed by atoms with Crippen molar-refractivity contribution in [3.05, 3.63) is 12.3 Å². The Balaban J connectivity index is 1.88. The van der Waals surface area contributed by atoms with Gasteiger partial charge in [0, 0.05) is 19.1 Å². The van der Waals surface area contributed by atoms with Crippen molar-refractivity contribution in [1.82, 2.24) is 15.1 Å². The van der Waals surface area contributed by atoms with Crippen molar-refractivity contribution in [3.8, 4) is 0 Å². The number of hydrogen-bond donors (Lipinski definition) is 2. The molecule has 0 spiro atoms. The topological polar surface area (TPSA) is 70.2 Å². The quantitative estimate of drug-likeness (QED) is 0.861. The van der Waals surface area contributed by atoms with Gasteiger partial charge in [-0.25, -0.2) is 4.79 Å². The molecule has 1 fully saturated rings. The first-order chi connectivity index (χ1) is 8.94. The zero-order valence-electron chi connectivity index (χ0n) is 11.8. The van der Waals surface area contributed by atoms with Crippen LogP contribution in [0.4, 0.5) is 10.6 Å².